The zero-order chi connectivity index (χ0) is 24.5. The van der Waals surface area contributed by atoms with Gasteiger partial charge < -0.3 is 24.7 Å². The van der Waals surface area contributed by atoms with Crippen LogP contribution in [0.15, 0.2) is 38.9 Å². The van der Waals surface area contributed by atoms with Gasteiger partial charge in [-0.2, -0.15) is 0 Å². The van der Waals surface area contributed by atoms with E-state index in [1.807, 2.05) is 0 Å². The third-order valence-corrected chi connectivity index (χ3v) is 6.17. The van der Waals surface area contributed by atoms with Crippen LogP contribution in [0.4, 0.5) is 5.13 Å². The molecule has 10 heteroatoms. The fraction of sp³-hybridized carbons (Fsp3) is 0.417. The van der Waals surface area contributed by atoms with Crippen LogP contribution in [-0.2, 0) is 9.59 Å². The second kappa shape index (κ2) is 12.3. The van der Waals surface area contributed by atoms with Crippen molar-refractivity contribution in [1.82, 2.24) is 15.2 Å². The molecule has 2 N–H and O–H groups in total. The molecule has 0 saturated heterocycles. The summed E-state index contributed by atoms with van der Waals surface area (Å²) in [5.74, 6) is 0.132. The largest absolute Gasteiger partial charge is 0.497 e. The number of nitrogens with zero attached hydrogens (tertiary/aromatic N) is 2. The molecule has 0 saturated carbocycles. The zero-order valence-electron chi connectivity index (χ0n) is 19.7. The lowest BCUT2D eigenvalue weighted by atomic mass is 10.1. The molecule has 0 atom stereocenters. The van der Waals surface area contributed by atoms with Gasteiger partial charge in [-0.25, -0.2) is 9.78 Å². The number of thiazole rings is 1. The smallest absolute Gasteiger partial charge is 0.345 e. The van der Waals surface area contributed by atoms with Crippen molar-refractivity contribution in [3.05, 3.63) is 40.1 Å². The van der Waals surface area contributed by atoms with Crippen molar-refractivity contribution in [2.75, 3.05) is 38.6 Å². The Bertz CT molecular complexity index is 1190. The van der Waals surface area contributed by atoms with Crippen LogP contribution in [0.5, 0.6) is 5.75 Å². The first kappa shape index (κ1) is 25.4. The van der Waals surface area contributed by atoms with E-state index in [0.717, 1.165) is 31.4 Å². The van der Waals surface area contributed by atoms with Gasteiger partial charge >= 0.3 is 5.63 Å². The van der Waals surface area contributed by atoms with Gasteiger partial charge in [0.25, 0.3) is 0 Å². The standard InChI is InChI=1S/C24H30N4O5S/c1-4-28(5-2)12-6-11-25-21(29)9-10-22(30)27-24-26-19(15-34-24)18-13-16-7-8-17(32-3)14-20(16)33-23(18)31/h7-8,13-15H,4-6,9-12H2,1-3H3,(H,25,29)(H,26,27,30). The van der Waals surface area contributed by atoms with Gasteiger partial charge in [0.05, 0.1) is 18.4 Å². The Hall–Kier alpha value is -3.24. The van der Waals surface area contributed by atoms with Crippen molar-refractivity contribution in [3.8, 4) is 17.0 Å². The number of hydrogen-bond acceptors (Lipinski definition) is 8. The summed E-state index contributed by atoms with van der Waals surface area (Å²) in [7, 11) is 1.54. The number of carbonyl (C=O) groups excluding carboxylic acids is 2. The maximum absolute atomic E-state index is 12.4. The van der Waals surface area contributed by atoms with E-state index < -0.39 is 5.63 Å². The van der Waals surface area contributed by atoms with Crippen molar-refractivity contribution in [2.24, 2.45) is 0 Å². The van der Waals surface area contributed by atoms with Gasteiger partial charge in [0.1, 0.15) is 11.3 Å². The van der Waals surface area contributed by atoms with Gasteiger partial charge in [0, 0.05) is 36.2 Å². The SMILES string of the molecule is CCN(CC)CCCNC(=O)CCC(=O)Nc1nc(-c2cc3ccc(OC)cc3oc2=O)cs1. The molecule has 9 nitrogen and oxygen atoms in total. The van der Waals surface area contributed by atoms with Crippen LogP contribution >= 0.6 is 11.3 Å². The van der Waals surface area contributed by atoms with E-state index in [2.05, 4.69) is 34.4 Å². The van der Waals surface area contributed by atoms with Crippen LogP contribution in [0.25, 0.3) is 22.2 Å². The van der Waals surface area contributed by atoms with E-state index in [9.17, 15) is 14.4 Å². The van der Waals surface area contributed by atoms with E-state index in [4.69, 9.17) is 9.15 Å². The molecule has 0 fully saturated rings. The molecule has 2 aromatic heterocycles. The second-order valence-electron chi connectivity index (χ2n) is 7.67. The molecule has 3 rings (SSSR count). The Morgan fingerprint density at radius 3 is 2.65 bits per heavy atom. The first-order valence-electron chi connectivity index (χ1n) is 11.3. The number of nitrogens with one attached hydrogen (secondary N) is 2. The third kappa shape index (κ3) is 6.88. The topological polar surface area (TPSA) is 114 Å². The number of ether oxygens (including phenoxy) is 1. The number of amides is 2. The van der Waals surface area contributed by atoms with E-state index in [1.165, 1.54) is 11.3 Å². The normalized spacial score (nSPS) is 11.1. The Kier molecular flexibility index (Phi) is 9.17. The van der Waals surface area contributed by atoms with Crippen molar-refractivity contribution in [2.45, 2.75) is 33.1 Å². The molecule has 1 aromatic carbocycles. The van der Waals surface area contributed by atoms with Crippen molar-refractivity contribution >= 4 is 39.3 Å². The number of benzene rings is 1. The number of hydrogen-bond donors (Lipinski definition) is 2. The van der Waals surface area contributed by atoms with Gasteiger partial charge in [-0.3, -0.25) is 9.59 Å². The quantitative estimate of drug-likeness (QED) is 0.298. The molecule has 0 spiro atoms. The first-order valence-corrected chi connectivity index (χ1v) is 12.2. The summed E-state index contributed by atoms with van der Waals surface area (Å²) in [6.07, 6.45) is 1.03. The van der Waals surface area contributed by atoms with E-state index in [-0.39, 0.29) is 24.7 Å². The fourth-order valence-corrected chi connectivity index (χ4v) is 4.15. The number of anilines is 1. The Morgan fingerprint density at radius 1 is 1.15 bits per heavy atom. The van der Waals surface area contributed by atoms with E-state index >= 15 is 0 Å². The van der Waals surface area contributed by atoms with E-state index in [1.54, 1.807) is 36.8 Å². The van der Waals surface area contributed by atoms with Crippen LogP contribution in [0, 0.1) is 0 Å². The minimum absolute atomic E-state index is 0.0523. The summed E-state index contributed by atoms with van der Waals surface area (Å²) in [6.45, 7) is 7.73. The molecule has 34 heavy (non-hydrogen) atoms. The molecular formula is C24H30N4O5S. The summed E-state index contributed by atoms with van der Waals surface area (Å²) in [4.78, 5) is 43.3. The predicted octanol–water partition coefficient (Wildman–Crippen LogP) is 3.49. The highest BCUT2D eigenvalue weighted by Gasteiger charge is 2.14. The van der Waals surface area contributed by atoms with Crippen molar-refractivity contribution < 1.29 is 18.7 Å². The fourth-order valence-electron chi connectivity index (χ4n) is 3.42. The lowest BCUT2D eigenvalue weighted by Crippen LogP contribution is -2.30. The second-order valence-corrected chi connectivity index (χ2v) is 8.53. The molecule has 0 aliphatic heterocycles. The summed E-state index contributed by atoms with van der Waals surface area (Å²) in [5.41, 5.74) is 0.612. The molecule has 0 radical (unpaired) electrons. The molecule has 0 aliphatic rings. The third-order valence-electron chi connectivity index (χ3n) is 5.42. The molecule has 0 unspecified atom stereocenters. The Morgan fingerprint density at radius 2 is 1.91 bits per heavy atom. The molecule has 0 bridgehead atoms. The molecule has 182 valence electrons. The van der Waals surface area contributed by atoms with Gasteiger partial charge in [0.2, 0.25) is 11.8 Å². The number of carbonyl (C=O) groups is 2. The summed E-state index contributed by atoms with van der Waals surface area (Å²) in [5, 5.41) is 8.31. The van der Waals surface area contributed by atoms with Gasteiger partial charge in [-0.05, 0) is 44.3 Å². The highest BCUT2D eigenvalue weighted by Crippen LogP contribution is 2.27. The summed E-state index contributed by atoms with van der Waals surface area (Å²) in [6, 6.07) is 6.92. The highest BCUT2D eigenvalue weighted by atomic mass is 32.1. The van der Waals surface area contributed by atoms with E-state index in [0.29, 0.717) is 34.3 Å². The Labute approximate surface area is 202 Å². The molecule has 2 heterocycles. The molecule has 3 aromatic rings. The minimum atomic E-state index is -0.526. The predicted molar refractivity (Wildman–Crippen MR) is 133 cm³/mol. The highest BCUT2D eigenvalue weighted by molar-refractivity contribution is 7.14. The number of rotatable bonds is 12. The average molecular weight is 487 g/mol. The van der Waals surface area contributed by atoms with Crippen molar-refractivity contribution in [3.63, 3.8) is 0 Å². The van der Waals surface area contributed by atoms with Crippen LogP contribution in [0.1, 0.15) is 33.1 Å². The van der Waals surface area contributed by atoms with Crippen LogP contribution < -0.4 is 21.0 Å². The first-order chi connectivity index (χ1) is 16.4. The van der Waals surface area contributed by atoms with Gasteiger partial charge in [-0.15, -0.1) is 11.3 Å². The number of fused-ring (bicyclic) bond motifs is 1. The monoisotopic (exact) mass is 486 g/mol. The summed E-state index contributed by atoms with van der Waals surface area (Å²) >= 11 is 1.20. The lowest BCUT2D eigenvalue weighted by molar-refractivity contribution is -0.124. The van der Waals surface area contributed by atoms with Crippen LogP contribution in [-0.4, -0.2) is 55.0 Å². The van der Waals surface area contributed by atoms with Crippen LogP contribution in [0.3, 0.4) is 0 Å². The zero-order valence-corrected chi connectivity index (χ0v) is 20.5. The Balaban J connectivity index is 1.51. The average Bonchev–Trinajstić information content (AvgIpc) is 3.30. The number of aromatic nitrogens is 1. The summed E-state index contributed by atoms with van der Waals surface area (Å²) < 4.78 is 10.6. The maximum Gasteiger partial charge on any atom is 0.345 e. The minimum Gasteiger partial charge on any atom is -0.497 e. The molecule has 0 aliphatic carbocycles. The number of methoxy groups -OCH3 is 1. The molecule has 2 amide bonds. The molecular weight excluding hydrogens is 456 g/mol. The lowest BCUT2D eigenvalue weighted by Gasteiger charge is -2.17. The maximum atomic E-state index is 12.4. The van der Waals surface area contributed by atoms with Crippen molar-refractivity contribution in [1.29, 1.82) is 0 Å². The van der Waals surface area contributed by atoms with Gasteiger partial charge in [0.15, 0.2) is 5.13 Å². The van der Waals surface area contributed by atoms with Gasteiger partial charge in [-0.1, -0.05) is 13.8 Å². The van der Waals surface area contributed by atoms with Crippen LogP contribution in [0.2, 0.25) is 0 Å².